The molecule has 0 saturated heterocycles. The molecular weight excluding hydrogens is 404 g/mol. The van der Waals surface area contributed by atoms with Crippen LogP contribution in [0.3, 0.4) is 0 Å². The summed E-state index contributed by atoms with van der Waals surface area (Å²) in [5.41, 5.74) is 1.10. The lowest BCUT2D eigenvalue weighted by Crippen LogP contribution is -2.31. The number of sulfonamides is 1. The van der Waals surface area contributed by atoms with Crippen LogP contribution in [0, 0.1) is 0 Å². The van der Waals surface area contributed by atoms with Crippen LogP contribution >= 0.6 is 0 Å². The molecule has 0 aliphatic heterocycles. The monoisotopic (exact) mass is 428 g/mol. The summed E-state index contributed by atoms with van der Waals surface area (Å²) < 4.78 is 36.9. The number of imidazole rings is 1. The zero-order valence-electron chi connectivity index (χ0n) is 17.0. The van der Waals surface area contributed by atoms with Crippen LogP contribution in [0.2, 0.25) is 0 Å². The van der Waals surface area contributed by atoms with Gasteiger partial charge in [0.05, 0.1) is 6.61 Å². The molecule has 0 radical (unpaired) electrons. The summed E-state index contributed by atoms with van der Waals surface area (Å²) >= 11 is 0. The first-order valence-electron chi connectivity index (χ1n) is 9.40. The van der Waals surface area contributed by atoms with Crippen molar-refractivity contribution in [2.45, 2.75) is 24.8 Å². The number of nitrogens with zero attached hydrogens (tertiary/aromatic N) is 2. The summed E-state index contributed by atoms with van der Waals surface area (Å²) in [5, 5.41) is 2.61. The Morgan fingerprint density at radius 1 is 1.20 bits per heavy atom. The average Bonchev–Trinajstić information content (AvgIpc) is 3.13. The predicted octanol–water partition coefficient (Wildman–Crippen LogP) is 2.85. The van der Waals surface area contributed by atoms with Gasteiger partial charge in [0.25, 0.3) is 0 Å². The number of ether oxygens (including phenoxy) is 1. The number of benzene rings is 2. The molecule has 0 fully saturated rings. The first-order chi connectivity index (χ1) is 14.3. The molecule has 1 amide bonds. The van der Waals surface area contributed by atoms with Gasteiger partial charge in [-0.2, -0.15) is 4.72 Å². The molecule has 0 spiro atoms. The summed E-state index contributed by atoms with van der Waals surface area (Å²) in [7, 11) is -2.24. The SMILES string of the molecule is CCOc1ccc(NC(C)=O)cc1S(=O)(=O)N[C@@H](c1ccccc1)c1nccn1C. The number of carbonyl (C=O) groups is 1. The van der Waals surface area contributed by atoms with Gasteiger partial charge in [-0.1, -0.05) is 30.3 Å². The van der Waals surface area contributed by atoms with Crippen molar-refractivity contribution in [2.75, 3.05) is 11.9 Å². The van der Waals surface area contributed by atoms with Crippen LogP contribution in [0.25, 0.3) is 0 Å². The highest BCUT2D eigenvalue weighted by molar-refractivity contribution is 7.89. The van der Waals surface area contributed by atoms with E-state index in [1.807, 2.05) is 30.3 Å². The van der Waals surface area contributed by atoms with E-state index in [1.165, 1.54) is 19.1 Å². The molecule has 3 rings (SSSR count). The molecule has 8 nitrogen and oxygen atoms in total. The number of aromatic nitrogens is 2. The van der Waals surface area contributed by atoms with Crippen molar-refractivity contribution in [2.24, 2.45) is 7.05 Å². The fourth-order valence-corrected chi connectivity index (χ4v) is 4.42. The van der Waals surface area contributed by atoms with Crippen molar-refractivity contribution in [1.29, 1.82) is 0 Å². The average molecular weight is 429 g/mol. The standard InChI is InChI=1S/C21H24N4O4S/c1-4-29-18-11-10-17(23-15(2)26)14-19(18)30(27,28)24-20(16-8-6-5-7-9-16)21-22-12-13-25(21)3/h5-14,20,24H,4H2,1-3H3,(H,23,26)/t20-/m0/s1. The third kappa shape index (κ3) is 4.87. The van der Waals surface area contributed by atoms with E-state index in [-0.39, 0.29) is 16.6 Å². The number of hydrogen-bond acceptors (Lipinski definition) is 5. The highest BCUT2D eigenvalue weighted by atomic mass is 32.2. The second-order valence-electron chi connectivity index (χ2n) is 6.64. The lowest BCUT2D eigenvalue weighted by molar-refractivity contribution is -0.114. The lowest BCUT2D eigenvalue weighted by Gasteiger charge is -2.20. The predicted molar refractivity (Wildman–Crippen MR) is 114 cm³/mol. The maximum absolute atomic E-state index is 13.4. The maximum Gasteiger partial charge on any atom is 0.245 e. The highest BCUT2D eigenvalue weighted by Crippen LogP contribution is 2.30. The van der Waals surface area contributed by atoms with Crippen LogP contribution in [0.5, 0.6) is 5.75 Å². The molecule has 0 saturated carbocycles. The Morgan fingerprint density at radius 3 is 2.53 bits per heavy atom. The Hall–Kier alpha value is -3.17. The summed E-state index contributed by atoms with van der Waals surface area (Å²) in [4.78, 5) is 15.7. The molecule has 2 N–H and O–H groups in total. The smallest absolute Gasteiger partial charge is 0.245 e. The molecule has 9 heteroatoms. The molecular formula is C21H24N4O4S. The van der Waals surface area contributed by atoms with E-state index < -0.39 is 16.1 Å². The number of nitrogens with one attached hydrogen (secondary N) is 2. The van der Waals surface area contributed by atoms with Gasteiger partial charge >= 0.3 is 0 Å². The van der Waals surface area contributed by atoms with Gasteiger partial charge in [0.1, 0.15) is 22.5 Å². The molecule has 0 aliphatic rings. The molecule has 1 atom stereocenters. The number of anilines is 1. The van der Waals surface area contributed by atoms with Crippen molar-refractivity contribution < 1.29 is 17.9 Å². The largest absolute Gasteiger partial charge is 0.492 e. The van der Waals surface area contributed by atoms with Crippen molar-refractivity contribution >= 4 is 21.6 Å². The third-order valence-electron chi connectivity index (χ3n) is 4.38. The minimum atomic E-state index is -4.04. The van der Waals surface area contributed by atoms with Gasteiger partial charge in [0, 0.05) is 32.1 Å². The van der Waals surface area contributed by atoms with Crippen LogP contribution in [0.15, 0.2) is 65.8 Å². The summed E-state index contributed by atoms with van der Waals surface area (Å²) in [6.07, 6.45) is 3.37. The maximum atomic E-state index is 13.4. The zero-order valence-corrected chi connectivity index (χ0v) is 17.8. The highest BCUT2D eigenvalue weighted by Gasteiger charge is 2.28. The molecule has 3 aromatic rings. The first kappa shape index (κ1) is 21.5. The number of rotatable bonds is 8. The van der Waals surface area contributed by atoms with Gasteiger partial charge in [-0.3, -0.25) is 4.79 Å². The number of carbonyl (C=O) groups excluding carboxylic acids is 1. The molecule has 0 unspecified atom stereocenters. The molecule has 1 heterocycles. The third-order valence-corrected chi connectivity index (χ3v) is 5.82. The lowest BCUT2D eigenvalue weighted by atomic mass is 10.1. The van der Waals surface area contributed by atoms with E-state index in [4.69, 9.17) is 4.74 Å². The van der Waals surface area contributed by atoms with Crippen LogP contribution < -0.4 is 14.8 Å². The van der Waals surface area contributed by atoms with Crippen LogP contribution in [-0.2, 0) is 21.9 Å². The minimum Gasteiger partial charge on any atom is -0.492 e. The van der Waals surface area contributed by atoms with E-state index in [0.717, 1.165) is 5.56 Å². The minimum absolute atomic E-state index is 0.0641. The summed E-state index contributed by atoms with van der Waals surface area (Å²) in [5.74, 6) is 0.442. The van der Waals surface area contributed by atoms with Gasteiger partial charge < -0.3 is 14.6 Å². The topological polar surface area (TPSA) is 102 Å². The van der Waals surface area contributed by atoms with Crippen LogP contribution in [0.4, 0.5) is 5.69 Å². The van der Waals surface area contributed by atoms with Gasteiger partial charge in [-0.25, -0.2) is 13.4 Å². The summed E-state index contributed by atoms with van der Waals surface area (Å²) in [6.45, 7) is 3.42. The first-order valence-corrected chi connectivity index (χ1v) is 10.9. The fraction of sp³-hybridized carbons (Fsp3) is 0.238. The van der Waals surface area contributed by atoms with E-state index in [9.17, 15) is 13.2 Å². The molecule has 0 aliphatic carbocycles. The van der Waals surface area contributed by atoms with E-state index >= 15 is 0 Å². The molecule has 0 bridgehead atoms. The number of aryl methyl sites for hydroxylation is 1. The number of amides is 1. The molecule has 1 aromatic heterocycles. The Labute approximate surface area is 176 Å². The quantitative estimate of drug-likeness (QED) is 0.574. The second-order valence-corrected chi connectivity index (χ2v) is 8.32. The molecule has 158 valence electrons. The van der Waals surface area contributed by atoms with Gasteiger partial charge in [0.15, 0.2) is 0 Å². The molecule has 30 heavy (non-hydrogen) atoms. The van der Waals surface area contributed by atoms with E-state index in [1.54, 1.807) is 37.0 Å². The second kappa shape index (κ2) is 9.10. The Balaban J connectivity index is 2.06. The van der Waals surface area contributed by atoms with E-state index in [0.29, 0.717) is 18.1 Å². The van der Waals surface area contributed by atoms with Gasteiger partial charge in [0.2, 0.25) is 15.9 Å². The van der Waals surface area contributed by atoms with E-state index in [2.05, 4.69) is 15.0 Å². The molecule has 2 aromatic carbocycles. The fourth-order valence-electron chi connectivity index (χ4n) is 3.06. The van der Waals surface area contributed by atoms with Gasteiger partial charge in [-0.05, 0) is 30.7 Å². The van der Waals surface area contributed by atoms with Crippen molar-refractivity contribution in [3.63, 3.8) is 0 Å². The van der Waals surface area contributed by atoms with Crippen LogP contribution in [-0.4, -0.2) is 30.5 Å². The Morgan fingerprint density at radius 2 is 1.93 bits per heavy atom. The summed E-state index contributed by atoms with van der Waals surface area (Å²) in [6, 6.07) is 13.0. The normalized spacial score (nSPS) is 12.4. The number of hydrogen-bond donors (Lipinski definition) is 2. The Kier molecular flexibility index (Phi) is 6.53. The van der Waals surface area contributed by atoms with Crippen molar-refractivity contribution in [3.05, 3.63) is 72.3 Å². The van der Waals surface area contributed by atoms with Gasteiger partial charge in [-0.15, -0.1) is 0 Å². The zero-order chi connectivity index (χ0) is 21.7. The van der Waals surface area contributed by atoms with Crippen molar-refractivity contribution in [3.8, 4) is 5.75 Å². The Bertz CT molecular complexity index is 1130. The van der Waals surface area contributed by atoms with Crippen molar-refractivity contribution in [1.82, 2.24) is 14.3 Å². The van der Waals surface area contributed by atoms with Crippen LogP contribution in [0.1, 0.15) is 31.3 Å².